The fourth-order valence-corrected chi connectivity index (χ4v) is 6.94. The lowest BCUT2D eigenvalue weighted by Crippen LogP contribution is -2.31. The first-order valence-electron chi connectivity index (χ1n) is 15.3. The first kappa shape index (κ1) is 33.6. The number of rotatable bonds is 14. The third kappa shape index (κ3) is 9.84. The molecule has 1 aliphatic heterocycles. The van der Waals surface area contributed by atoms with E-state index in [1.54, 1.807) is 35.2 Å². The van der Waals surface area contributed by atoms with Gasteiger partial charge in [0.2, 0.25) is 11.8 Å². The number of hydrogen-bond donors (Lipinski definition) is 4. The van der Waals surface area contributed by atoms with Crippen LogP contribution in [0.5, 0.6) is 0 Å². The Labute approximate surface area is 277 Å². The molecule has 2 heterocycles. The van der Waals surface area contributed by atoms with Gasteiger partial charge in [0, 0.05) is 36.3 Å². The maximum absolute atomic E-state index is 12.7. The number of para-hydroxylation sites is 2. The minimum Gasteiger partial charge on any atom is -0.397 e. The standard InChI is InChI=1S/C34H39N5O5S2/c1-22-38-39-34(46-22)45-21-27-19-30(24-16-14-23(20-40)15-17-24)44-33(43-27)25-8-7-9-26(18-25)36-31(41)12-3-2-4-13-32(42)37-29-11-6-5-10-28(29)35/h5-11,14-18,27,30,33,40H,2-4,12-13,19-21,35H2,1H3,(H,36,41)(H,37,42)/t27-,30+,33+/m0/s1. The van der Waals surface area contributed by atoms with Crippen LogP contribution in [0.2, 0.25) is 0 Å². The van der Waals surface area contributed by atoms with Crippen molar-refractivity contribution in [3.63, 3.8) is 0 Å². The maximum Gasteiger partial charge on any atom is 0.224 e. The number of aliphatic hydroxyl groups is 1. The van der Waals surface area contributed by atoms with Gasteiger partial charge in [-0.25, -0.2) is 0 Å². The van der Waals surface area contributed by atoms with Crippen LogP contribution in [0.4, 0.5) is 17.1 Å². The lowest BCUT2D eigenvalue weighted by Gasteiger charge is -2.36. The van der Waals surface area contributed by atoms with Gasteiger partial charge in [-0.3, -0.25) is 9.59 Å². The molecule has 3 aromatic carbocycles. The SMILES string of the molecule is Cc1nnc(SC[C@@H]2C[C@H](c3ccc(CO)cc3)O[C@H](c3cccc(NC(=O)CCCCCC(=O)Nc4ccccc4N)c3)O2)s1. The van der Waals surface area contributed by atoms with E-state index in [0.717, 1.165) is 32.5 Å². The highest BCUT2D eigenvalue weighted by molar-refractivity contribution is 8.01. The Hall–Kier alpha value is -3.81. The van der Waals surface area contributed by atoms with Gasteiger partial charge < -0.3 is 30.9 Å². The number of amides is 2. The van der Waals surface area contributed by atoms with Crippen LogP contribution in [-0.4, -0.2) is 39.0 Å². The average molecular weight is 662 g/mol. The van der Waals surface area contributed by atoms with Crippen molar-refractivity contribution in [2.24, 2.45) is 0 Å². The molecule has 2 amide bonds. The van der Waals surface area contributed by atoms with Crippen LogP contribution in [0.15, 0.2) is 77.1 Å². The van der Waals surface area contributed by atoms with E-state index in [-0.39, 0.29) is 30.6 Å². The Morgan fingerprint density at radius 3 is 2.41 bits per heavy atom. The summed E-state index contributed by atoms with van der Waals surface area (Å²) >= 11 is 3.18. The Kier molecular flexibility index (Phi) is 12.2. The fourth-order valence-electron chi connectivity index (χ4n) is 5.08. The number of aryl methyl sites for hydroxylation is 1. The molecule has 0 unspecified atom stereocenters. The third-order valence-corrected chi connectivity index (χ3v) is 9.60. The molecule has 0 saturated carbocycles. The molecule has 12 heteroatoms. The second kappa shape index (κ2) is 16.7. The van der Waals surface area contributed by atoms with E-state index in [1.807, 2.05) is 67.6 Å². The lowest BCUT2D eigenvalue weighted by molar-refractivity contribution is -0.245. The Morgan fingerprint density at radius 2 is 1.70 bits per heavy atom. The minimum atomic E-state index is -0.632. The molecule has 3 atom stereocenters. The van der Waals surface area contributed by atoms with Crippen LogP contribution in [0.1, 0.15) is 72.6 Å². The number of nitrogens with two attached hydrogens (primary N) is 1. The molecule has 242 valence electrons. The van der Waals surface area contributed by atoms with Gasteiger partial charge in [0.25, 0.3) is 0 Å². The topological polar surface area (TPSA) is 149 Å². The Balaban J connectivity index is 1.14. The highest BCUT2D eigenvalue weighted by atomic mass is 32.2. The number of nitrogen functional groups attached to an aromatic ring is 1. The largest absolute Gasteiger partial charge is 0.397 e. The van der Waals surface area contributed by atoms with Crippen LogP contribution in [0.25, 0.3) is 0 Å². The average Bonchev–Trinajstić information content (AvgIpc) is 3.49. The molecule has 1 fully saturated rings. The van der Waals surface area contributed by atoms with Gasteiger partial charge in [-0.2, -0.15) is 0 Å². The fraction of sp³-hybridized carbons (Fsp3) is 0.353. The number of benzene rings is 3. The van der Waals surface area contributed by atoms with Crippen molar-refractivity contribution in [2.45, 2.75) is 74.9 Å². The van der Waals surface area contributed by atoms with Gasteiger partial charge in [0.1, 0.15) is 5.01 Å². The number of aromatic nitrogens is 2. The first-order chi connectivity index (χ1) is 22.4. The zero-order valence-corrected chi connectivity index (χ0v) is 27.3. The summed E-state index contributed by atoms with van der Waals surface area (Å²) in [5.41, 5.74) is 10.4. The molecule has 0 aliphatic carbocycles. The number of carbonyl (C=O) groups is 2. The van der Waals surface area contributed by atoms with Gasteiger partial charge in [-0.05, 0) is 55.2 Å². The lowest BCUT2D eigenvalue weighted by atomic mass is 10.0. The molecule has 0 bridgehead atoms. The highest BCUT2D eigenvalue weighted by Crippen LogP contribution is 2.40. The van der Waals surface area contributed by atoms with E-state index in [4.69, 9.17) is 15.2 Å². The smallest absolute Gasteiger partial charge is 0.224 e. The number of nitrogens with one attached hydrogen (secondary N) is 2. The summed E-state index contributed by atoms with van der Waals surface area (Å²) in [5, 5.41) is 24.6. The predicted octanol–water partition coefficient (Wildman–Crippen LogP) is 6.79. The zero-order valence-electron chi connectivity index (χ0n) is 25.7. The van der Waals surface area contributed by atoms with Gasteiger partial charge >= 0.3 is 0 Å². The number of hydrogen-bond acceptors (Lipinski definition) is 10. The third-order valence-electron chi connectivity index (χ3n) is 7.50. The molecule has 1 aromatic heterocycles. The molecule has 0 spiro atoms. The van der Waals surface area contributed by atoms with Crippen molar-refractivity contribution in [3.05, 3.63) is 94.5 Å². The number of thioether (sulfide) groups is 1. The Bertz CT molecular complexity index is 1600. The van der Waals surface area contributed by atoms with E-state index in [0.29, 0.717) is 54.9 Å². The van der Waals surface area contributed by atoms with E-state index < -0.39 is 6.29 Å². The van der Waals surface area contributed by atoms with Crippen molar-refractivity contribution in [3.8, 4) is 0 Å². The summed E-state index contributed by atoms with van der Waals surface area (Å²) in [5.74, 6) is 0.512. The molecule has 0 radical (unpaired) electrons. The van der Waals surface area contributed by atoms with Crippen LogP contribution < -0.4 is 16.4 Å². The van der Waals surface area contributed by atoms with Crippen LogP contribution in [0, 0.1) is 6.92 Å². The normalized spacial score (nSPS) is 17.8. The van der Waals surface area contributed by atoms with Crippen LogP contribution in [-0.2, 0) is 25.7 Å². The van der Waals surface area contributed by atoms with Crippen molar-refractivity contribution >= 4 is 52.0 Å². The minimum absolute atomic E-state index is 0.0155. The zero-order chi connectivity index (χ0) is 32.3. The molecule has 10 nitrogen and oxygen atoms in total. The van der Waals surface area contributed by atoms with E-state index in [9.17, 15) is 14.7 Å². The number of unbranched alkanes of at least 4 members (excludes halogenated alkanes) is 2. The number of aliphatic hydroxyl groups excluding tert-OH is 1. The van der Waals surface area contributed by atoms with Gasteiger partial charge in [-0.15, -0.1) is 10.2 Å². The summed E-state index contributed by atoms with van der Waals surface area (Å²) in [6.07, 6.45) is 2.54. The van der Waals surface area contributed by atoms with Gasteiger partial charge in [-0.1, -0.05) is 78.1 Å². The van der Waals surface area contributed by atoms with E-state index in [1.165, 1.54) is 0 Å². The van der Waals surface area contributed by atoms with Gasteiger partial charge in [0.15, 0.2) is 10.6 Å². The summed E-state index contributed by atoms with van der Waals surface area (Å²) < 4.78 is 13.8. The van der Waals surface area contributed by atoms with Crippen molar-refractivity contribution in [1.82, 2.24) is 10.2 Å². The highest BCUT2D eigenvalue weighted by Gasteiger charge is 2.32. The number of anilines is 3. The van der Waals surface area contributed by atoms with Crippen LogP contribution >= 0.6 is 23.1 Å². The molecular formula is C34H39N5O5S2. The maximum atomic E-state index is 12.7. The van der Waals surface area contributed by atoms with E-state index >= 15 is 0 Å². The monoisotopic (exact) mass is 661 g/mol. The molecular weight excluding hydrogens is 623 g/mol. The second-order valence-electron chi connectivity index (χ2n) is 11.1. The molecule has 5 N–H and O–H groups in total. The molecule has 5 rings (SSSR count). The molecule has 46 heavy (non-hydrogen) atoms. The first-order valence-corrected chi connectivity index (χ1v) is 17.1. The number of nitrogens with zero attached hydrogens (tertiary/aromatic N) is 2. The molecule has 1 aliphatic rings. The second-order valence-corrected chi connectivity index (χ2v) is 13.6. The number of ether oxygens (including phenoxy) is 2. The molecule has 4 aromatic rings. The summed E-state index contributed by atoms with van der Waals surface area (Å²) in [4.78, 5) is 25.0. The van der Waals surface area contributed by atoms with Crippen molar-refractivity contribution < 1.29 is 24.2 Å². The summed E-state index contributed by atoms with van der Waals surface area (Å²) in [6.45, 7) is 1.92. The quantitative estimate of drug-likeness (QED) is 0.0651. The van der Waals surface area contributed by atoms with E-state index in [2.05, 4.69) is 20.8 Å². The summed E-state index contributed by atoms with van der Waals surface area (Å²) in [6, 6.07) is 22.5. The van der Waals surface area contributed by atoms with Crippen molar-refractivity contribution in [1.29, 1.82) is 0 Å². The van der Waals surface area contributed by atoms with Crippen molar-refractivity contribution in [2.75, 3.05) is 22.1 Å². The predicted molar refractivity (Wildman–Crippen MR) is 181 cm³/mol. The van der Waals surface area contributed by atoms with Gasteiger partial charge in [0.05, 0.1) is 30.2 Å². The Morgan fingerprint density at radius 1 is 0.935 bits per heavy atom. The van der Waals surface area contributed by atoms with Crippen LogP contribution in [0.3, 0.4) is 0 Å². The molecule has 1 saturated heterocycles. The number of carbonyl (C=O) groups excluding carboxylic acids is 2. The summed E-state index contributed by atoms with van der Waals surface area (Å²) in [7, 11) is 0.